The lowest BCUT2D eigenvalue weighted by Gasteiger charge is -1.98. The van der Waals surface area contributed by atoms with Crippen molar-refractivity contribution in [2.24, 2.45) is 0 Å². The fraction of sp³-hybridized carbons (Fsp3) is 0.143. The van der Waals surface area contributed by atoms with Gasteiger partial charge in [-0.15, -0.1) is 11.3 Å². The van der Waals surface area contributed by atoms with Gasteiger partial charge in [0.1, 0.15) is 0 Å². The Balaban J connectivity index is 1.94. The van der Waals surface area contributed by atoms with Crippen LogP contribution in [0.4, 0.5) is 5.69 Å². The van der Waals surface area contributed by atoms with Crippen LogP contribution >= 0.6 is 11.3 Å². The molecule has 0 amide bonds. The number of aromatic nitrogens is 3. The summed E-state index contributed by atoms with van der Waals surface area (Å²) in [7, 11) is 0. The number of thiazole rings is 1. The minimum absolute atomic E-state index is 0.0766. The van der Waals surface area contributed by atoms with Crippen molar-refractivity contribution in [1.29, 1.82) is 0 Å². The number of hydrogen-bond acceptors (Lipinski definition) is 5. The summed E-state index contributed by atoms with van der Waals surface area (Å²) < 4.78 is 1.80. The predicted octanol–water partition coefficient (Wildman–Crippen LogP) is 3.52. The van der Waals surface area contributed by atoms with E-state index in [2.05, 4.69) is 10.1 Å². The second-order valence-corrected chi connectivity index (χ2v) is 5.49. The van der Waals surface area contributed by atoms with Gasteiger partial charge in [-0.2, -0.15) is 5.10 Å². The summed E-state index contributed by atoms with van der Waals surface area (Å²) in [6.45, 7) is 3.92. The average Bonchev–Trinajstić information content (AvgIpc) is 3.05. The Labute approximate surface area is 124 Å². The van der Waals surface area contributed by atoms with Crippen LogP contribution in [-0.2, 0) is 0 Å². The third-order valence-corrected chi connectivity index (χ3v) is 3.87. The molecule has 0 aliphatic rings. The van der Waals surface area contributed by atoms with Gasteiger partial charge in [0, 0.05) is 28.8 Å². The van der Waals surface area contributed by atoms with Crippen LogP contribution in [0, 0.1) is 24.0 Å². The van der Waals surface area contributed by atoms with Crippen molar-refractivity contribution in [3.8, 4) is 16.4 Å². The Morgan fingerprint density at radius 2 is 1.95 bits per heavy atom. The highest BCUT2D eigenvalue weighted by atomic mass is 32.1. The number of hydrogen-bond donors (Lipinski definition) is 0. The Kier molecular flexibility index (Phi) is 3.26. The number of rotatable bonds is 3. The molecule has 106 valence electrons. The first-order valence-electron chi connectivity index (χ1n) is 6.28. The molecule has 0 saturated heterocycles. The number of nitrogens with zero attached hydrogens (tertiary/aromatic N) is 4. The molecule has 0 fully saturated rings. The van der Waals surface area contributed by atoms with Gasteiger partial charge in [-0.25, -0.2) is 9.67 Å². The highest BCUT2D eigenvalue weighted by Gasteiger charge is 2.11. The molecular formula is C14H12N4O2S. The SMILES string of the molecule is Cc1cc(C)n(-c2nc(-c3ccc([N+](=O)[O-])cc3)cs2)n1. The molecule has 0 atom stereocenters. The molecular weight excluding hydrogens is 288 g/mol. The van der Waals surface area contributed by atoms with Crippen molar-refractivity contribution < 1.29 is 4.92 Å². The molecule has 0 radical (unpaired) electrons. The minimum Gasteiger partial charge on any atom is -0.258 e. The van der Waals surface area contributed by atoms with Crippen molar-refractivity contribution in [2.45, 2.75) is 13.8 Å². The molecule has 2 heterocycles. The summed E-state index contributed by atoms with van der Waals surface area (Å²) in [5.41, 5.74) is 3.69. The van der Waals surface area contributed by atoms with Crippen LogP contribution < -0.4 is 0 Å². The predicted molar refractivity (Wildman–Crippen MR) is 80.8 cm³/mol. The highest BCUT2D eigenvalue weighted by Crippen LogP contribution is 2.26. The van der Waals surface area contributed by atoms with Crippen molar-refractivity contribution in [3.63, 3.8) is 0 Å². The van der Waals surface area contributed by atoms with E-state index in [1.54, 1.807) is 16.8 Å². The van der Waals surface area contributed by atoms with Gasteiger partial charge < -0.3 is 0 Å². The summed E-state index contributed by atoms with van der Waals surface area (Å²) in [6, 6.07) is 8.37. The van der Waals surface area contributed by atoms with Gasteiger partial charge in [-0.05, 0) is 32.0 Å². The summed E-state index contributed by atoms with van der Waals surface area (Å²) in [4.78, 5) is 14.8. The van der Waals surface area contributed by atoms with Crippen molar-refractivity contribution in [1.82, 2.24) is 14.8 Å². The van der Waals surface area contributed by atoms with Gasteiger partial charge in [-0.1, -0.05) is 0 Å². The summed E-state index contributed by atoms with van der Waals surface area (Å²) in [5.74, 6) is 0. The molecule has 3 aromatic rings. The van der Waals surface area contributed by atoms with Crippen LogP contribution in [0.1, 0.15) is 11.4 Å². The smallest absolute Gasteiger partial charge is 0.258 e. The maximum Gasteiger partial charge on any atom is 0.269 e. The molecule has 7 heteroatoms. The number of nitro benzene ring substituents is 1. The number of benzene rings is 1. The summed E-state index contributed by atoms with van der Waals surface area (Å²) in [5, 5.41) is 17.8. The zero-order valence-electron chi connectivity index (χ0n) is 11.5. The van der Waals surface area contributed by atoms with E-state index in [4.69, 9.17) is 0 Å². The van der Waals surface area contributed by atoms with Crippen LogP contribution in [0.25, 0.3) is 16.4 Å². The maximum atomic E-state index is 10.7. The first-order valence-corrected chi connectivity index (χ1v) is 7.16. The third-order valence-electron chi connectivity index (χ3n) is 3.06. The molecule has 0 aliphatic heterocycles. The fourth-order valence-corrected chi connectivity index (χ4v) is 2.91. The van der Waals surface area contributed by atoms with Crippen LogP contribution in [-0.4, -0.2) is 19.7 Å². The molecule has 0 N–H and O–H groups in total. The highest BCUT2D eigenvalue weighted by molar-refractivity contribution is 7.12. The lowest BCUT2D eigenvalue weighted by Crippen LogP contribution is -1.98. The van der Waals surface area contributed by atoms with Crippen LogP contribution in [0.15, 0.2) is 35.7 Å². The van der Waals surface area contributed by atoms with E-state index >= 15 is 0 Å². The largest absolute Gasteiger partial charge is 0.269 e. The van der Waals surface area contributed by atoms with Crippen molar-refractivity contribution >= 4 is 17.0 Å². The normalized spacial score (nSPS) is 10.8. The van der Waals surface area contributed by atoms with Crippen LogP contribution in [0.5, 0.6) is 0 Å². The van der Waals surface area contributed by atoms with Gasteiger partial charge in [0.25, 0.3) is 5.69 Å². The lowest BCUT2D eigenvalue weighted by atomic mass is 10.1. The number of non-ortho nitro benzene ring substituents is 1. The van der Waals surface area contributed by atoms with Crippen molar-refractivity contribution in [2.75, 3.05) is 0 Å². The summed E-state index contributed by atoms with van der Waals surface area (Å²) >= 11 is 1.49. The summed E-state index contributed by atoms with van der Waals surface area (Å²) in [6.07, 6.45) is 0. The lowest BCUT2D eigenvalue weighted by molar-refractivity contribution is -0.384. The number of aryl methyl sites for hydroxylation is 2. The van der Waals surface area contributed by atoms with Crippen LogP contribution in [0.2, 0.25) is 0 Å². The van der Waals surface area contributed by atoms with Gasteiger partial charge in [0.2, 0.25) is 5.13 Å². The molecule has 0 saturated carbocycles. The second kappa shape index (κ2) is 5.10. The van der Waals surface area contributed by atoms with Gasteiger partial charge >= 0.3 is 0 Å². The van der Waals surface area contributed by atoms with Crippen LogP contribution in [0.3, 0.4) is 0 Å². The topological polar surface area (TPSA) is 73.8 Å². The Hall–Kier alpha value is -2.54. The van der Waals surface area contributed by atoms with Gasteiger partial charge in [0.15, 0.2) is 0 Å². The quantitative estimate of drug-likeness (QED) is 0.548. The zero-order chi connectivity index (χ0) is 15.0. The molecule has 0 bridgehead atoms. The first-order chi connectivity index (χ1) is 10.0. The molecule has 0 aliphatic carbocycles. The molecule has 1 aromatic carbocycles. The molecule has 0 spiro atoms. The molecule has 3 rings (SSSR count). The van der Waals surface area contributed by atoms with Crippen molar-refractivity contribution in [3.05, 3.63) is 57.2 Å². The Bertz CT molecular complexity index is 805. The van der Waals surface area contributed by atoms with E-state index in [1.807, 2.05) is 25.3 Å². The standard InChI is InChI=1S/C14H12N4O2S/c1-9-7-10(2)17(16-9)14-15-13(8-21-14)11-3-5-12(6-4-11)18(19)20/h3-8H,1-2H3. The first kappa shape index (κ1) is 13.4. The number of nitro groups is 1. The third kappa shape index (κ3) is 2.55. The fourth-order valence-electron chi connectivity index (χ4n) is 2.07. The van der Waals surface area contributed by atoms with E-state index in [-0.39, 0.29) is 5.69 Å². The minimum atomic E-state index is -0.411. The average molecular weight is 300 g/mol. The van der Waals surface area contributed by atoms with E-state index in [9.17, 15) is 10.1 Å². The molecule has 6 nitrogen and oxygen atoms in total. The van der Waals surface area contributed by atoms with E-state index in [0.29, 0.717) is 0 Å². The molecule has 21 heavy (non-hydrogen) atoms. The Morgan fingerprint density at radius 1 is 1.24 bits per heavy atom. The van der Waals surface area contributed by atoms with Gasteiger partial charge in [0.05, 0.1) is 16.3 Å². The van der Waals surface area contributed by atoms with E-state index < -0.39 is 4.92 Å². The Morgan fingerprint density at radius 3 is 2.52 bits per heavy atom. The van der Waals surface area contributed by atoms with E-state index in [1.165, 1.54) is 23.5 Å². The maximum absolute atomic E-state index is 10.7. The molecule has 2 aromatic heterocycles. The zero-order valence-corrected chi connectivity index (χ0v) is 12.3. The second-order valence-electron chi connectivity index (χ2n) is 4.66. The van der Waals surface area contributed by atoms with Gasteiger partial charge in [-0.3, -0.25) is 10.1 Å². The van der Waals surface area contributed by atoms with E-state index in [0.717, 1.165) is 27.8 Å². The molecule has 0 unspecified atom stereocenters. The monoisotopic (exact) mass is 300 g/mol.